The second kappa shape index (κ2) is 5.60. The van der Waals surface area contributed by atoms with Crippen molar-refractivity contribution in [3.8, 4) is 0 Å². The van der Waals surface area contributed by atoms with Crippen molar-refractivity contribution in [1.82, 2.24) is 0 Å². The molecule has 0 fully saturated rings. The van der Waals surface area contributed by atoms with E-state index in [9.17, 15) is 4.39 Å². The van der Waals surface area contributed by atoms with Gasteiger partial charge in [-0.15, -0.1) is 0 Å². The fraction of sp³-hybridized carbons (Fsp3) is 0.455. The van der Waals surface area contributed by atoms with Crippen LogP contribution in [0.3, 0.4) is 0 Å². The maximum absolute atomic E-state index is 12.9. The first-order valence-corrected chi connectivity index (χ1v) is 4.73. The Bertz CT molecular complexity index is 289. The highest BCUT2D eigenvalue weighted by atomic mass is 19.1. The predicted molar refractivity (Wildman–Crippen MR) is 56.1 cm³/mol. The van der Waals surface area contributed by atoms with Crippen molar-refractivity contribution in [1.29, 1.82) is 0 Å². The lowest BCUT2D eigenvalue weighted by Crippen LogP contribution is -2.04. The molecule has 0 heterocycles. The fourth-order valence-electron chi connectivity index (χ4n) is 1.20. The minimum absolute atomic E-state index is 0.160. The molecule has 2 nitrogen and oxygen atoms in total. The van der Waals surface area contributed by atoms with E-state index in [0.717, 1.165) is 25.3 Å². The molecule has 14 heavy (non-hydrogen) atoms. The highest BCUT2D eigenvalue weighted by Crippen LogP contribution is 2.13. The smallest absolute Gasteiger partial charge is 0.126 e. The predicted octanol–water partition coefficient (Wildman–Crippen LogP) is 2.58. The van der Waals surface area contributed by atoms with E-state index in [1.54, 1.807) is 20.1 Å². The molecule has 0 amide bonds. The molecule has 0 spiro atoms. The molecular formula is C11H16FNO. The van der Waals surface area contributed by atoms with Crippen LogP contribution in [0.25, 0.3) is 0 Å². The van der Waals surface area contributed by atoms with Crippen LogP contribution < -0.4 is 5.32 Å². The number of hydrogen-bond donors (Lipinski definition) is 1. The molecule has 78 valence electrons. The van der Waals surface area contributed by atoms with Gasteiger partial charge in [0, 0.05) is 25.9 Å². The van der Waals surface area contributed by atoms with Gasteiger partial charge in [-0.1, -0.05) is 0 Å². The van der Waals surface area contributed by atoms with Crippen molar-refractivity contribution in [2.24, 2.45) is 0 Å². The molecule has 0 aliphatic heterocycles. The third-order valence-corrected chi connectivity index (χ3v) is 2.01. The first kappa shape index (κ1) is 11.0. The summed E-state index contributed by atoms with van der Waals surface area (Å²) in [6, 6.07) is 5.03. The quantitative estimate of drug-likeness (QED) is 0.732. The molecule has 0 aliphatic rings. The molecule has 3 heteroatoms. The van der Waals surface area contributed by atoms with Crippen molar-refractivity contribution in [2.45, 2.75) is 13.3 Å². The SMILES string of the molecule is COCCCNc1ccc(F)c(C)c1. The van der Waals surface area contributed by atoms with E-state index >= 15 is 0 Å². The van der Waals surface area contributed by atoms with Gasteiger partial charge in [0.1, 0.15) is 5.82 Å². The van der Waals surface area contributed by atoms with Crippen LogP contribution in [0.5, 0.6) is 0 Å². The molecule has 0 aromatic heterocycles. The molecule has 1 aromatic carbocycles. The highest BCUT2D eigenvalue weighted by molar-refractivity contribution is 5.45. The number of anilines is 1. The third kappa shape index (κ3) is 3.34. The largest absolute Gasteiger partial charge is 0.385 e. The van der Waals surface area contributed by atoms with E-state index in [-0.39, 0.29) is 5.82 Å². The standard InChI is InChI=1S/C11H16FNO/c1-9-8-10(4-5-11(9)12)13-6-3-7-14-2/h4-5,8,13H,3,6-7H2,1-2H3. The summed E-state index contributed by atoms with van der Waals surface area (Å²) in [5.74, 6) is -0.160. The second-order valence-electron chi connectivity index (χ2n) is 3.24. The van der Waals surface area contributed by atoms with E-state index in [4.69, 9.17) is 4.74 Å². The number of methoxy groups -OCH3 is 1. The summed E-state index contributed by atoms with van der Waals surface area (Å²) in [6.45, 7) is 3.35. The molecule has 1 rings (SSSR count). The molecule has 0 bridgehead atoms. The van der Waals surface area contributed by atoms with Gasteiger partial charge in [0.25, 0.3) is 0 Å². The molecule has 1 aromatic rings. The van der Waals surface area contributed by atoms with Crippen molar-refractivity contribution in [2.75, 3.05) is 25.6 Å². The molecule has 0 unspecified atom stereocenters. The molecular weight excluding hydrogens is 181 g/mol. The maximum atomic E-state index is 12.9. The monoisotopic (exact) mass is 197 g/mol. The number of halogens is 1. The summed E-state index contributed by atoms with van der Waals surface area (Å²) < 4.78 is 17.8. The van der Waals surface area contributed by atoms with Crippen LogP contribution in [0.4, 0.5) is 10.1 Å². The van der Waals surface area contributed by atoms with E-state index < -0.39 is 0 Å². The fourth-order valence-corrected chi connectivity index (χ4v) is 1.20. The van der Waals surface area contributed by atoms with Gasteiger partial charge in [0.05, 0.1) is 0 Å². The lowest BCUT2D eigenvalue weighted by molar-refractivity contribution is 0.198. The summed E-state index contributed by atoms with van der Waals surface area (Å²) in [5.41, 5.74) is 1.63. The van der Waals surface area contributed by atoms with Crippen LogP contribution in [0.2, 0.25) is 0 Å². The first-order chi connectivity index (χ1) is 6.74. The number of nitrogens with one attached hydrogen (secondary N) is 1. The number of rotatable bonds is 5. The van der Waals surface area contributed by atoms with Crippen molar-refractivity contribution in [3.63, 3.8) is 0 Å². The Morgan fingerprint density at radius 1 is 1.43 bits per heavy atom. The Kier molecular flexibility index (Phi) is 4.40. The summed E-state index contributed by atoms with van der Waals surface area (Å²) in [4.78, 5) is 0. The first-order valence-electron chi connectivity index (χ1n) is 4.73. The van der Waals surface area contributed by atoms with Crippen molar-refractivity contribution < 1.29 is 9.13 Å². The van der Waals surface area contributed by atoms with Crippen molar-refractivity contribution in [3.05, 3.63) is 29.6 Å². The van der Waals surface area contributed by atoms with Gasteiger partial charge in [-0.25, -0.2) is 4.39 Å². The lowest BCUT2D eigenvalue weighted by atomic mass is 10.2. The van der Waals surface area contributed by atoms with Gasteiger partial charge in [0.2, 0.25) is 0 Å². The molecule has 0 atom stereocenters. The zero-order valence-electron chi connectivity index (χ0n) is 8.64. The van der Waals surface area contributed by atoms with Crippen LogP contribution in [0.1, 0.15) is 12.0 Å². The van der Waals surface area contributed by atoms with E-state index in [1.165, 1.54) is 6.07 Å². The Morgan fingerprint density at radius 3 is 2.86 bits per heavy atom. The Balaban J connectivity index is 2.39. The number of ether oxygens (including phenoxy) is 1. The molecule has 0 aliphatic carbocycles. The van der Waals surface area contributed by atoms with Gasteiger partial charge in [-0.2, -0.15) is 0 Å². The van der Waals surface area contributed by atoms with Crippen LogP contribution >= 0.6 is 0 Å². The molecule has 0 saturated heterocycles. The zero-order valence-corrected chi connectivity index (χ0v) is 8.64. The summed E-state index contributed by atoms with van der Waals surface area (Å²) in [5, 5.41) is 3.20. The van der Waals surface area contributed by atoms with Crippen LogP contribution in [-0.4, -0.2) is 20.3 Å². The number of benzene rings is 1. The summed E-state index contributed by atoms with van der Waals surface area (Å²) in [7, 11) is 1.68. The third-order valence-electron chi connectivity index (χ3n) is 2.01. The van der Waals surface area contributed by atoms with Gasteiger partial charge >= 0.3 is 0 Å². The lowest BCUT2D eigenvalue weighted by Gasteiger charge is -2.06. The highest BCUT2D eigenvalue weighted by Gasteiger charge is 1.97. The Hall–Kier alpha value is -1.09. The molecule has 0 saturated carbocycles. The zero-order chi connectivity index (χ0) is 10.4. The van der Waals surface area contributed by atoms with E-state index in [1.807, 2.05) is 6.07 Å². The second-order valence-corrected chi connectivity index (χ2v) is 3.24. The topological polar surface area (TPSA) is 21.3 Å². The van der Waals surface area contributed by atoms with Gasteiger partial charge in [-0.3, -0.25) is 0 Å². The molecule has 1 N–H and O–H groups in total. The minimum Gasteiger partial charge on any atom is -0.385 e. The van der Waals surface area contributed by atoms with Crippen LogP contribution in [-0.2, 0) is 4.74 Å². The number of hydrogen-bond acceptors (Lipinski definition) is 2. The average molecular weight is 197 g/mol. The maximum Gasteiger partial charge on any atom is 0.126 e. The normalized spacial score (nSPS) is 10.2. The summed E-state index contributed by atoms with van der Waals surface area (Å²) in [6.07, 6.45) is 0.951. The van der Waals surface area contributed by atoms with Crippen molar-refractivity contribution >= 4 is 5.69 Å². The Morgan fingerprint density at radius 2 is 2.21 bits per heavy atom. The average Bonchev–Trinajstić information content (AvgIpc) is 2.18. The van der Waals surface area contributed by atoms with Crippen LogP contribution in [0, 0.1) is 12.7 Å². The summed E-state index contributed by atoms with van der Waals surface area (Å²) >= 11 is 0. The van der Waals surface area contributed by atoms with Gasteiger partial charge in [-0.05, 0) is 37.1 Å². The minimum atomic E-state index is -0.160. The Labute approximate surface area is 84.1 Å². The van der Waals surface area contributed by atoms with Gasteiger partial charge < -0.3 is 10.1 Å². The van der Waals surface area contributed by atoms with Gasteiger partial charge in [0.15, 0.2) is 0 Å². The van der Waals surface area contributed by atoms with Crippen LogP contribution in [0.15, 0.2) is 18.2 Å². The molecule has 0 radical (unpaired) electrons. The number of aryl methyl sites for hydroxylation is 1. The van der Waals surface area contributed by atoms with E-state index in [0.29, 0.717) is 5.56 Å². The van der Waals surface area contributed by atoms with E-state index in [2.05, 4.69) is 5.32 Å².